The molecule has 1 saturated heterocycles. The topological polar surface area (TPSA) is 253 Å². The van der Waals surface area contributed by atoms with E-state index in [4.69, 9.17) is 0 Å². The number of carboxylic acid groups (broad SMARTS) is 1. The normalized spacial score (nSPS) is 25.4. The van der Waals surface area contributed by atoms with E-state index in [2.05, 4.69) is 31.6 Å². The number of nitrogens with one attached hydrogen (secondary N) is 5. The van der Waals surface area contributed by atoms with Gasteiger partial charge in [-0.3, -0.25) is 33.8 Å². The van der Waals surface area contributed by atoms with Gasteiger partial charge in [-0.1, -0.05) is 27.7 Å². The molecule has 274 valence electrons. The molecule has 2 rings (SSSR count). The molecule has 0 saturated carbocycles. The van der Waals surface area contributed by atoms with Gasteiger partial charge in [-0.25, -0.2) is 4.79 Å². The van der Waals surface area contributed by atoms with Crippen molar-refractivity contribution in [3.05, 3.63) is 11.3 Å². The lowest BCUT2D eigenvalue weighted by atomic mass is 9.75. The number of allylic oxidation sites excluding steroid dienone is 2. The first kappa shape index (κ1) is 40.8. The van der Waals surface area contributed by atoms with Crippen molar-refractivity contribution < 1.29 is 48.9 Å². The standard InChI is InChI=1S/C33H52N6O10/c1-17(2)27(32(48)49)38-30(46)21-10-11-24(43)35-14-12-25(44)34-13-8-7-9-20(29(45)39-28(19(4)40)31(47)37-21)36-18(3)26-22(41)15-33(5,6)16-23(26)42/h17,19-21,27-28,40-41H,7-16H2,1-6H3,(H,34,44)(H,35,43)(H,37,47)(H,38,46)(H,39,45)(H,48,49)/t19-,20?,21?,27?,28?/m1/s1. The number of amides is 5. The number of carboxylic acids is 1. The Labute approximate surface area is 286 Å². The number of rotatable bonds is 7. The van der Waals surface area contributed by atoms with Gasteiger partial charge >= 0.3 is 5.97 Å². The van der Waals surface area contributed by atoms with E-state index < -0.39 is 71.2 Å². The van der Waals surface area contributed by atoms with Crippen molar-refractivity contribution in [2.24, 2.45) is 16.3 Å². The van der Waals surface area contributed by atoms with Crippen LogP contribution in [0.1, 0.15) is 92.9 Å². The van der Waals surface area contributed by atoms with Crippen molar-refractivity contribution in [1.29, 1.82) is 0 Å². The van der Waals surface area contributed by atoms with Gasteiger partial charge in [0.15, 0.2) is 5.78 Å². The fourth-order valence-corrected chi connectivity index (χ4v) is 5.66. The van der Waals surface area contributed by atoms with Crippen LogP contribution in [0.15, 0.2) is 16.3 Å². The third-order valence-corrected chi connectivity index (χ3v) is 8.35. The first-order valence-electron chi connectivity index (χ1n) is 16.7. The third-order valence-electron chi connectivity index (χ3n) is 8.35. The van der Waals surface area contributed by atoms with E-state index in [1.54, 1.807) is 13.8 Å². The van der Waals surface area contributed by atoms with E-state index in [1.807, 2.05) is 13.8 Å². The summed E-state index contributed by atoms with van der Waals surface area (Å²) in [5.74, 6) is -5.77. The molecule has 1 aliphatic carbocycles. The zero-order valence-electron chi connectivity index (χ0n) is 29.2. The number of carbonyl (C=O) groups excluding carboxylic acids is 6. The minimum atomic E-state index is -1.60. The maximum Gasteiger partial charge on any atom is 0.326 e. The molecule has 0 radical (unpaired) electrons. The first-order valence-corrected chi connectivity index (χ1v) is 16.7. The summed E-state index contributed by atoms with van der Waals surface area (Å²) in [6.07, 6.45) is -0.683. The van der Waals surface area contributed by atoms with Gasteiger partial charge in [0, 0.05) is 44.5 Å². The van der Waals surface area contributed by atoms with Gasteiger partial charge in [-0.05, 0) is 50.9 Å². The zero-order chi connectivity index (χ0) is 37.1. The largest absolute Gasteiger partial charge is 0.511 e. The molecule has 0 aromatic carbocycles. The number of hydrogen-bond donors (Lipinski definition) is 8. The highest BCUT2D eigenvalue weighted by atomic mass is 16.4. The maximum absolute atomic E-state index is 13.7. The van der Waals surface area contributed by atoms with Crippen LogP contribution in [0.2, 0.25) is 0 Å². The van der Waals surface area contributed by atoms with E-state index in [0.717, 1.165) is 0 Å². The van der Waals surface area contributed by atoms with Crippen molar-refractivity contribution in [1.82, 2.24) is 26.6 Å². The molecule has 1 heterocycles. The molecule has 0 aromatic heterocycles. The lowest BCUT2D eigenvalue weighted by molar-refractivity contribution is -0.144. The summed E-state index contributed by atoms with van der Waals surface area (Å²) in [5.41, 5.74) is -0.294. The average Bonchev–Trinajstić information content (AvgIpc) is 2.97. The Hall–Kier alpha value is -4.34. The molecule has 16 nitrogen and oxygen atoms in total. The smallest absolute Gasteiger partial charge is 0.326 e. The molecule has 2 aliphatic rings. The molecule has 1 aliphatic heterocycles. The number of ketones is 1. The van der Waals surface area contributed by atoms with Gasteiger partial charge in [0.25, 0.3) is 0 Å². The molecule has 1 fully saturated rings. The Morgan fingerprint density at radius 2 is 1.53 bits per heavy atom. The van der Waals surface area contributed by atoms with Gasteiger partial charge in [0.2, 0.25) is 29.5 Å². The number of nitrogens with zero attached hydrogens (tertiary/aromatic N) is 1. The SMILES string of the molecule is CC(=NC1CCCCNC(=O)CCNC(=O)CCC(C(=O)NC(C(=O)O)C(C)C)NC(=O)C([C@@H](C)O)NC1=O)C1=C(O)CC(C)(C)CC1=O. The van der Waals surface area contributed by atoms with Gasteiger partial charge in [0.05, 0.1) is 11.7 Å². The minimum Gasteiger partial charge on any atom is -0.511 e. The minimum absolute atomic E-state index is 0.0134. The van der Waals surface area contributed by atoms with Crippen LogP contribution in [0, 0.1) is 11.3 Å². The fourth-order valence-electron chi connectivity index (χ4n) is 5.66. The van der Waals surface area contributed by atoms with Crippen molar-refractivity contribution in [3.8, 4) is 0 Å². The van der Waals surface area contributed by atoms with Crippen LogP contribution in [0.25, 0.3) is 0 Å². The number of aliphatic carboxylic acids is 1. The first-order chi connectivity index (χ1) is 22.8. The summed E-state index contributed by atoms with van der Waals surface area (Å²) in [6.45, 7) is 9.89. The molecule has 5 atom stereocenters. The van der Waals surface area contributed by atoms with E-state index >= 15 is 0 Å². The quantitative estimate of drug-likeness (QED) is 0.168. The Balaban J connectivity index is 2.45. The lowest BCUT2D eigenvalue weighted by Crippen LogP contribution is -2.59. The predicted molar refractivity (Wildman–Crippen MR) is 178 cm³/mol. The van der Waals surface area contributed by atoms with E-state index in [0.29, 0.717) is 12.8 Å². The molecule has 0 aromatic rings. The number of carbonyl (C=O) groups is 7. The summed E-state index contributed by atoms with van der Waals surface area (Å²) in [6, 6.07) is -5.51. The monoisotopic (exact) mass is 692 g/mol. The maximum atomic E-state index is 13.7. The summed E-state index contributed by atoms with van der Waals surface area (Å²) < 4.78 is 0. The zero-order valence-corrected chi connectivity index (χ0v) is 29.2. The van der Waals surface area contributed by atoms with Crippen LogP contribution >= 0.6 is 0 Å². The summed E-state index contributed by atoms with van der Waals surface area (Å²) >= 11 is 0. The van der Waals surface area contributed by atoms with E-state index in [9.17, 15) is 48.9 Å². The van der Waals surface area contributed by atoms with Gasteiger partial charge in [0.1, 0.15) is 29.9 Å². The number of hydrogen-bond acceptors (Lipinski definition) is 10. The molecule has 5 amide bonds. The van der Waals surface area contributed by atoms with Gasteiger partial charge in [-0.2, -0.15) is 0 Å². The Morgan fingerprint density at radius 1 is 0.898 bits per heavy atom. The van der Waals surface area contributed by atoms with Crippen molar-refractivity contribution in [3.63, 3.8) is 0 Å². The van der Waals surface area contributed by atoms with Crippen LogP contribution in [0.5, 0.6) is 0 Å². The predicted octanol–water partition coefficient (Wildman–Crippen LogP) is 0.180. The van der Waals surface area contributed by atoms with Crippen LogP contribution in [-0.4, -0.2) is 106 Å². The lowest BCUT2D eigenvalue weighted by Gasteiger charge is -2.30. The highest BCUT2D eigenvalue weighted by Crippen LogP contribution is 2.36. The summed E-state index contributed by atoms with van der Waals surface area (Å²) in [5, 5.41) is 43.4. The second-order valence-electron chi connectivity index (χ2n) is 13.8. The van der Waals surface area contributed by atoms with Crippen LogP contribution < -0.4 is 26.6 Å². The Kier molecular flexibility index (Phi) is 15.4. The molecule has 49 heavy (non-hydrogen) atoms. The van der Waals surface area contributed by atoms with E-state index in [-0.39, 0.29) is 80.3 Å². The molecular weight excluding hydrogens is 640 g/mol. The molecule has 0 spiro atoms. The Bertz CT molecular complexity index is 1340. The van der Waals surface area contributed by atoms with Crippen molar-refractivity contribution in [2.45, 2.75) is 123 Å². The fraction of sp³-hybridized carbons (Fsp3) is 0.697. The molecule has 0 bridgehead atoms. The molecule has 4 unspecified atom stereocenters. The second-order valence-corrected chi connectivity index (χ2v) is 13.8. The van der Waals surface area contributed by atoms with Gasteiger partial charge in [-0.15, -0.1) is 0 Å². The van der Waals surface area contributed by atoms with Gasteiger partial charge < -0.3 is 41.9 Å². The highest BCUT2D eigenvalue weighted by Gasteiger charge is 2.36. The number of aliphatic imine (C=N–C) groups is 1. The number of aliphatic hydroxyl groups is 2. The number of aliphatic hydroxyl groups excluding tert-OH is 2. The van der Waals surface area contributed by atoms with E-state index in [1.165, 1.54) is 13.8 Å². The van der Waals surface area contributed by atoms with Crippen molar-refractivity contribution >= 4 is 47.0 Å². The summed E-state index contributed by atoms with van der Waals surface area (Å²) in [4.78, 5) is 94.4. The van der Waals surface area contributed by atoms with Crippen LogP contribution in [0.3, 0.4) is 0 Å². The van der Waals surface area contributed by atoms with Crippen molar-refractivity contribution in [2.75, 3.05) is 13.1 Å². The molecule has 8 N–H and O–H groups in total. The average molecular weight is 693 g/mol. The molecular formula is C33H52N6O10. The highest BCUT2D eigenvalue weighted by molar-refractivity contribution is 6.22. The van der Waals surface area contributed by atoms with Crippen LogP contribution in [0.4, 0.5) is 0 Å². The van der Waals surface area contributed by atoms with Crippen LogP contribution in [-0.2, 0) is 33.6 Å². The molecule has 16 heteroatoms. The second kappa shape index (κ2) is 18.4. The Morgan fingerprint density at radius 3 is 2.12 bits per heavy atom. The summed E-state index contributed by atoms with van der Waals surface area (Å²) in [7, 11) is 0. The third kappa shape index (κ3) is 12.9. The number of Topliss-reactive ketones (excluding diaryl/α,β-unsaturated/α-hetero) is 1.